The van der Waals surface area contributed by atoms with E-state index in [1.54, 1.807) is 31.2 Å². The van der Waals surface area contributed by atoms with Crippen molar-refractivity contribution < 1.29 is 23.8 Å². The molecule has 7 nitrogen and oxygen atoms in total. The average Bonchev–Trinajstić information content (AvgIpc) is 2.48. The van der Waals surface area contributed by atoms with Gasteiger partial charge in [0.05, 0.1) is 13.0 Å². The Balaban J connectivity index is 2.25. The fourth-order valence-electron chi connectivity index (χ4n) is 1.71. The third-order valence-corrected chi connectivity index (χ3v) is 2.67. The third kappa shape index (κ3) is 3.57. The van der Waals surface area contributed by atoms with Gasteiger partial charge in [-0.05, 0) is 19.1 Å². The van der Waals surface area contributed by atoms with Gasteiger partial charge in [-0.1, -0.05) is 12.1 Å². The molecule has 0 aliphatic rings. The Morgan fingerprint density at radius 2 is 2.09 bits per heavy atom. The summed E-state index contributed by atoms with van der Waals surface area (Å²) < 4.78 is 9.55. The summed E-state index contributed by atoms with van der Waals surface area (Å²) in [6.07, 6.45) is 0.419. The first-order valence-electron chi connectivity index (χ1n) is 6.50. The van der Waals surface area contributed by atoms with Crippen molar-refractivity contribution in [2.75, 3.05) is 6.61 Å². The number of para-hydroxylation sites is 2. The number of carbonyl (C=O) groups is 2. The predicted molar refractivity (Wildman–Crippen MR) is 77.1 cm³/mol. The van der Waals surface area contributed by atoms with Crippen molar-refractivity contribution in [3.8, 4) is 0 Å². The summed E-state index contributed by atoms with van der Waals surface area (Å²) in [6.45, 7) is 1.62. The molecule has 1 aromatic carbocycles. The molecule has 0 saturated carbocycles. The number of allylic oxidation sites excluding steroid dienone is 1. The Morgan fingerprint density at radius 1 is 1.36 bits per heavy atom. The zero-order valence-corrected chi connectivity index (χ0v) is 11.7. The number of hydrogen-bond donors (Lipinski definition) is 1. The number of benzene rings is 1. The largest absolute Gasteiger partial charge is 0.512 e. The molecule has 0 saturated heterocycles. The van der Waals surface area contributed by atoms with E-state index in [-0.39, 0.29) is 12.3 Å². The van der Waals surface area contributed by atoms with E-state index in [9.17, 15) is 19.5 Å². The first kappa shape index (κ1) is 15.4. The van der Waals surface area contributed by atoms with Crippen LogP contribution in [0.1, 0.15) is 19.0 Å². The zero-order chi connectivity index (χ0) is 16.1. The normalized spacial score (nSPS) is 11.4. The lowest BCUT2D eigenvalue weighted by Gasteiger charge is -2.01. The average molecular weight is 303 g/mol. The Bertz CT molecular complexity index is 805. The minimum Gasteiger partial charge on any atom is -0.512 e. The van der Waals surface area contributed by atoms with Crippen molar-refractivity contribution in [3.05, 3.63) is 46.1 Å². The number of ether oxygens (including phenoxy) is 1. The second kappa shape index (κ2) is 6.66. The van der Waals surface area contributed by atoms with Crippen molar-refractivity contribution in [2.24, 2.45) is 0 Å². The van der Waals surface area contributed by atoms with Gasteiger partial charge in [0.2, 0.25) is 5.78 Å². The fraction of sp³-hybridized carbons (Fsp3) is 0.200. The van der Waals surface area contributed by atoms with E-state index in [4.69, 9.17) is 4.42 Å². The van der Waals surface area contributed by atoms with Crippen molar-refractivity contribution in [1.29, 1.82) is 0 Å². The highest BCUT2D eigenvalue weighted by atomic mass is 16.5. The van der Waals surface area contributed by atoms with Gasteiger partial charge in [0.1, 0.15) is 11.3 Å². The molecule has 0 aliphatic carbocycles. The van der Waals surface area contributed by atoms with Crippen LogP contribution < -0.4 is 5.63 Å². The number of ketones is 1. The summed E-state index contributed by atoms with van der Waals surface area (Å²) >= 11 is 0. The lowest BCUT2D eigenvalue weighted by atomic mass is 10.2. The Morgan fingerprint density at radius 3 is 2.82 bits per heavy atom. The van der Waals surface area contributed by atoms with Gasteiger partial charge in [-0.3, -0.25) is 4.79 Å². The number of carbonyl (C=O) groups excluding carboxylic acids is 2. The molecule has 0 amide bonds. The van der Waals surface area contributed by atoms with Gasteiger partial charge in [-0.2, -0.15) is 0 Å². The maximum atomic E-state index is 11.7. The topological polar surface area (TPSA) is 107 Å². The molecule has 1 N–H and O–H groups in total. The summed E-state index contributed by atoms with van der Waals surface area (Å²) in [5.41, 5.74) is -0.175. The van der Waals surface area contributed by atoms with Gasteiger partial charge < -0.3 is 14.3 Å². The smallest absolute Gasteiger partial charge is 0.375 e. The van der Waals surface area contributed by atoms with Crippen molar-refractivity contribution in [3.63, 3.8) is 0 Å². The number of fused-ring (bicyclic) bond motifs is 1. The van der Waals surface area contributed by atoms with Crippen LogP contribution in [0.25, 0.3) is 17.2 Å². The minimum absolute atomic E-state index is 0.0604. The molecule has 7 heteroatoms. The van der Waals surface area contributed by atoms with Crippen LogP contribution in [0.5, 0.6) is 0 Å². The molecule has 0 fully saturated rings. The lowest BCUT2D eigenvalue weighted by molar-refractivity contribution is -0.153. The molecule has 1 aromatic heterocycles. The van der Waals surface area contributed by atoms with E-state index in [1.165, 1.54) is 0 Å². The standard InChI is InChI=1S/C15H13NO6/c1-2-21-15(20)12(18)8-9(17)7-11-14(19)22-13-6-4-3-5-10(13)16-11/h3-7,17H,2,8H2,1H3. The quantitative estimate of drug-likeness (QED) is 0.508. The Labute approximate surface area is 124 Å². The van der Waals surface area contributed by atoms with E-state index < -0.39 is 29.6 Å². The summed E-state index contributed by atoms with van der Waals surface area (Å²) in [5, 5.41) is 9.70. The fourth-order valence-corrected chi connectivity index (χ4v) is 1.71. The molecule has 114 valence electrons. The SMILES string of the molecule is CCOC(=O)C(=O)CC(O)=Cc1nc2ccccc2oc1=O. The highest BCUT2D eigenvalue weighted by molar-refractivity contribution is 6.34. The summed E-state index contributed by atoms with van der Waals surface area (Å²) in [7, 11) is 0. The van der Waals surface area contributed by atoms with E-state index in [1.807, 2.05) is 0 Å². The third-order valence-electron chi connectivity index (χ3n) is 2.67. The van der Waals surface area contributed by atoms with Crippen LogP contribution in [0, 0.1) is 0 Å². The van der Waals surface area contributed by atoms with Gasteiger partial charge >= 0.3 is 11.6 Å². The number of esters is 1. The number of aliphatic hydroxyl groups excluding tert-OH is 1. The van der Waals surface area contributed by atoms with Gasteiger partial charge in [0.15, 0.2) is 11.3 Å². The number of nitrogens with zero attached hydrogens (tertiary/aromatic N) is 1. The highest BCUT2D eigenvalue weighted by Crippen LogP contribution is 2.11. The van der Waals surface area contributed by atoms with E-state index in [0.29, 0.717) is 11.1 Å². The monoisotopic (exact) mass is 303 g/mol. The molecule has 0 bridgehead atoms. The second-order valence-corrected chi connectivity index (χ2v) is 4.31. The maximum absolute atomic E-state index is 11.7. The van der Waals surface area contributed by atoms with Gasteiger partial charge in [0.25, 0.3) is 0 Å². The number of aliphatic hydroxyl groups is 1. The minimum atomic E-state index is -1.04. The van der Waals surface area contributed by atoms with Gasteiger partial charge in [-0.25, -0.2) is 14.6 Å². The molecule has 0 radical (unpaired) electrons. The Hall–Kier alpha value is -2.96. The maximum Gasteiger partial charge on any atom is 0.375 e. The van der Waals surface area contributed by atoms with Crippen molar-refractivity contribution >= 4 is 28.9 Å². The summed E-state index contributed by atoms with van der Waals surface area (Å²) in [5.74, 6) is -2.44. The molecular weight excluding hydrogens is 290 g/mol. The van der Waals surface area contributed by atoms with Gasteiger partial charge in [-0.15, -0.1) is 0 Å². The van der Waals surface area contributed by atoms with Crippen molar-refractivity contribution in [1.82, 2.24) is 4.98 Å². The molecule has 22 heavy (non-hydrogen) atoms. The second-order valence-electron chi connectivity index (χ2n) is 4.31. The first-order chi connectivity index (χ1) is 10.5. The van der Waals surface area contributed by atoms with Crippen LogP contribution in [0.3, 0.4) is 0 Å². The van der Waals surface area contributed by atoms with Crippen LogP contribution in [-0.4, -0.2) is 28.4 Å². The molecule has 0 aliphatic heterocycles. The van der Waals surface area contributed by atoms with E-state index in [0.717, 1.165) is 6.08 Å². The van der Waals surface area contributed by atoms with Crippen LogP contribution in [0.15, 0.2) is 39.2 Å². The van der Waals surface area contributed by atoms with Crippen molar-refractivity contribution in [2.45, 2.75) is 13.3 Å². The van der Waals surface area contributed by atoms with Crippen LogP contribution in [0.2, 0.25) is 0 Å². The number of rotatable bonds is 5. The number of Topliss-reactive ketones (excluding diaryl/α,β-unsaturated/α-hetero) is 1. The van der Waals surface area contributed by atoms with Crippen LogP contribution >= 0.6 is 0 Å². The predicted octanol–water partition coefficient (Wildman–Crippen LogP) is 1.61. The van der Waals surface area contributed by atoms with Gasteiger partial charge in [0, 0.05) is 6.08 Å². The Kier molecular flexibility index (Phi) is 4.67. The van der Waals surface area contributed by atoms with Crippen LogP contribution in [0.4, 0.5) is 0 Å². The summed E-state index contributed by atoms with van der Waals surface area (Å²) in [6, 6.07) is 6.63. The van der Waals surface area contributed by atoms with E-state index in [2.05, 4.69) is 9.72 Å². The first-order valence-corrected chi connectivity index (χ1v) is 6.50. The lowest BCUT2D eigenvalue weighted by Crippen LogP contribution is -2.17. The molecule has 0 spiro atoms. The van der Waals surface area contributed by atoms with Crippen LogP contribution in [-0.2, 0) is 14.3 Å². The molecule has 2 rings (SSSR count). The van der Waals surface area contributed by atoms with E-state index >= 15 is 0 Å². The molecule has 0 atom stereocenters. The molecule has 1 heterocycles. The molecule has 2 aromatic rings. The number of aromatic nitrogens is 1. The highest BCUT2D eigenvalue weighted by Gasteiger charge is 2.17. The zero-order valence-electron chi connectivity index (χ0n) is 11.7. The number of hydrogen-bond acceptors (Lipinski definition) is 7. The summed E-state index contributed by atoms with van der Waals surface area (Å²) in [4.78, 5) is 38.4. The molecular formula is C15H13NO6. The molecule has 0 unspecified atom stereocenters.